The maximum Gasteiger partial charge on any atom is 0.309 e. The molecular weight excluding hydrogens is 471 g/mol. The van der Waals surface area contributed by atoms with E-state index in [4.69, 9.17) is 19.0 Å². The second-order valence-corrected chi connectivity index (χ2v) is 10.8. The van der Waals surface area contributed by atoms with E-state index in [2.05, 4.69) is 36.4 Å². The highest BCUT2D eigenvalue weighted by Gasteiger charge is 2.35. The molecule has 4 aromatic carbocycles. The van der Waals surface area contributed by atoms with Crippen molar-refractivity contribution in [2.24, 2.45) is 0 Å². The molecule has 0 bridgehead atoms. The van der Waals surface area contributed by atoms with Crippen molar-refractivity contribution >= 4 is 45.7 Å². The third kappa shape index (κ3) is 4.26. The summed E-state index contributed by atoms with van der Waals surface area (Å²) in [6, 6.07) is 30.5. The summed E-state index contributed by atoms with van der Waals surface area (Å²) in [6.45, 7) is 7.34. The van der Waals surface area contributed by atoms with E-state index in [1.807, 2.05) is 68.4 Å². The van der Waals surface area contributed by atoms with Gasteiger partial charge in [0.05, 0.1) is 22.4 Å². The average molecular weight is 500 g/mol. The number of oxazole rings is 1. The molecule has 0 spiro atoms. The van der Waals surface area contributed by atoms with Crippen LogP contribution in [0.4, 0.5) is 0 Å². The fourth-order valence-corrected chi connectivity index (χ4v) is 4.55. The lowest BCUT2D eigenvalue weighted by atomic mass is 9.82. The zero-order chi connectivity index (χ0) is 26.5. The second kappa shape index (κ2) is 9.08. The molecule has 1 N–H and O–H groups in total. The minimum Gasteiger partial charge on any atom is -0.436 e. The smallest absolute Gasteiger partial charge is 0.309 e. The van der Waals surface area contributed by atoms with Gasteiger partial charge in [0.15, 0.2) is 5.58 Å². The number of pyridine rings is 1. The van der Waals surface area contributed by atoms with Crippen molar-refractivity contribution in [2.75, 3.05) is 0 Å². The molecule has 0 atom stereocenters. The summed E-state index contributed by atoms with van der Waals surface area (Å²) in [5, 5.41) is 13.5. The zero-order valence-electron chi connectivity index (χ0n) is 22.0. The van der Waals surface area contributed by atoms with Gasteiger partial charge >= 0.3 is 7.48 Å². The second-order valence-electron chi connectivity index (χ2n) is 10.8. The van der Waals surface area contributed by atoms with Crippen molar-refractivity contribution in [3.8, 4) is 22.7 Å². The van der Waals surface area contributed by atoms with E-state index in [1.165, 1.54) is 0 Å². The van der Waals surface area contributed by atoms with E-state index in [1.54, 1.807) is 13.8 Å². The molecule has 0 aliphatic heterocycles. The predicted octanol–water partition coefficient (Wildman–Crippen LogP) is 6.41. The highest BCUT2D eigenvalue weighted by molar-refractivity contribution is 6.47. The number of aliphatic hydroxyl groups is 1. The van der Waals surface area contributed by atoms with Gasteiger partial charge in [-0.25, -0.2) is 9.97 Å². The molecule has 0 saturated heterocycles. The van der Waals surface area contributed by atoms with Crippen LogP contribution in [0, 0.1) is 0 Å². The van der Waals surface area contributed by atoms with Crippen LogP contribution in [0.15, 0.2) is 95.4 Å². The fourth-order valence-electron chi connectivity index (χ4n) is 4.55. The summed E-state index contributed by atoms with van der Waals surface area (Å²) in [7, 11) is 0.408. The predicted molar refractivity (Wildman–Crippen MR) is 156 cm³/mol. The zero-order valence-corrected chi connectivity index (χ0v) is 22.0. The van der Waals surface area contributed by atoms with Crippen LogP contribution < -0.4 is 5.46 Å². The summed E-state index contributed by atoms with van der Waals surface area (Å²) in [5.74, 6) is 0.605. The van der Waals surface area contributed by atoms with Crippen molar-refractivity contribution in [2.45, 2.75) is 38.9 Å². The minimum atomic E-state index is -0.951. The van der Waals surface area contributed by atoms with Gasteiger partial charge in [0, 0.05) is 27.3 Å². The number of hydrogen-bond donors (Lipinski definition) is 1. The number of aromatic nitrogens is 2. The standard InChI is InChI=1S/C32H29BN2O3/c1-31(2,36)32(3,4)38-33-22-16-14-20(15-17-22)28-24-18-19-26-29(27(24)23-12-8-9-13-25(23)34-28)35-30(37-26)21-10-6-5-7-11-21/h5-19,33,36H,1-4H3. The van der Waals surface area contributed by atoms with Crippen molar-refractivity contribution in [1.82, 2.24) is 9.97 Å². The Bertz CT molecular complexity index is 1770. The van der Waals surface area contributed by atoms with Crippen LogP contribution >= 0.6 is 0 Å². The first-order chi connectivity index (χ1) is 18.2. The van der Waals surface area contributed by atoms with Gasteiger partial charge in [-0.2, -0.15) is 0 Å². The number of para-hydroxylation sites is 1. The van der Waals surface area contributed by atoms with E-state index in [-0.39, 0.29) is 0 Å². The molecule has 0 fully saturated rings. The van der Waals surface area contributed by atoms with E-state index in [9.17, 15) is 5.11 Å². The summed E-state index contributed by atoms with van der Waals surface area (Å²) in [4.78, 5) is 10.0. The molecule has 5 nitrogen and oxygen atoms in total. The molecule has 0 aliphatic carbocycles. The minimum absolute atomic E-state index is 0.408. The quantitative estimate of drug-likeness (QED) is 0.212. The number of nitrogens with zero attached hydrogens (tertiary/aromatic N) is 2. The largest absolute Gasteiger partial charge is 0.436 e. The number of rotatable bonds is 6. The van der Waals surface area contributed by atoms with E-state index in [0.717, 1.165) is 55.1 Å². The Balaban J connectivity index is 1.46. The molecule has 0 aliphatic rings. The maximum atomic E-state index is 10.4. The molecule has 0 radical (unpaired) electrons. The molecular formula is C32H29BN2O3. The Kier molecular flexibility index (Phi) is 5.82. The molecule has 0 saturated carbocycles. The van der Waals surface area contributed by atoms with Gasteiger partial charge in [-0.3, -0.25) is 0 Å². The highest BCUT2D eigenvalue weighted by atomic mass is 16.5. The van der Waals surface area contributed by atoms with E-state index in [0.29, 0.717) is 13.4 Å². The van der Waals surface area contributed by atoms with Crippen molar-refractivity contribution in [3.63, 3.8) is 0 Å². The van der Waals surface area contributed by atoms with Crippen LogP contribution in [0.1, 0.15) is 27.7 Å². The third-order valence-electron chi connectivity index (χ3n) is 7.54. The van der Waals surface area contributed by atoms with Crippen LogP contribution in [-0.4, -0.2) is 33.8 Å². The van der Waals surface area contributed by atoms with Crippen molar-refractivity contribution in [1.29, 1.82) is 0 Å². The molecule has 2 heterocycles. The monoisotopic (exact) mass is 500 g/mol. The average Bonchev–Trinajstić information content (AvgIpc) is 3.36. The lowest BCUT2D eigenvalue weighted by molar-refractivity contribution is -0.0893. The number of fused-ring (bicyclic) bond motifs is 5. The normalized spacial score (nSPS) is 12.4. The van der Waals surface area contributed by atoms with Gasteiger partial charge in [0.1, 0.15) is 5.52 Å². The molecule has 6 rings (SSSR count). The van der Waals surface area contributed by atoms with Gasteiger partial charge in [0.25, 0.3) is 0 Å². The molecule has 2 aromatic heterocycles. The maximum absolute atomic E-state index is 10.4. The Morgan fingerprint density at radius 3 is 2.18 bits per heavy atom. The van der Waals surface area contributed by atoms with Crippen LogP contribution in [0.2, 0.25) is 0 Å². The molecule has 0 amide bonds. The molecule has 6 aromatic rings. The van der Waals surface area contributed by atoms with Crippen molar-refractivity contribution < 1.29 is 14.2 Å². The first-order valence-corrected chi connectivity index (χ1v) is 12.8. The van der Waals surface area contributed by atoms with E-state index < -0.39 is 11.2 Å². The summed E-state index contributed by atoms with van der Waals surface area (Å²) < 4.78 is 12.2. The van der Waals surface area contributed by atoms with Crippen LogP contribution in [-0.2, 0) is 4.65 Å². The summed E-state index contributed by atoms with van der Waals surface area (Å²) >= 11 is 0. The molecule has 188 valence electrons. The van der Waals surface area contributed by atoms with Crippen LogP contribution in [0.3, 0.4) is 0 Å². The molecule has 0 unspecified atom stereocenters. The lowest BCUT2D eigenvalue weighted by Gasteiger charge is -2.37. The van der Waals surface area contributed by atoms with Crippen LogP contribution in [0.5, 0.6) is 0 Å². The number of hydrogen-bond acceptors (Lipinski definition) is 5. The molecule has 6 heteroatoms. The Hall–Kier alpha value is -4.00. The fraction of sp³-hybridized carbons (Fsp3) is 0.188. The summed E-state index contributed by atoms with van der Waals surface area (Å²) in [5.41, 5.74) is 4.75. The van der Waals surface area contributed by atoms with Gasteiger partial charge in [-0.05, 0) is 58.0 Å². The Labute approximate surface area is 222 Å². The van der Waals surface area contributed by atoms with Crippen LogP contribution in [0.25, 0.3) is 55.5 Å². The Morgan fingerprint density at radius 2 is 1.45 bits per heavy atom. The lowest BCUT2D eigenvalue weighted by Crippen LogP contribution is -2.49. The first-order valence-electron chi connectivity index (χ1n) is 12.8. The third-order valence-corrected chi connectivity index (χ3v) is 7.54. The highest BCUT2D eigenvalue weighted by Crippen LogP contribution is 2.38. The van der Waals surface area contributed by atoms with E-state index >= 15 is 0 Å². The van der Waals surface area contributed by atoms with Gasteiger partial charge < -0.3 is 14.2 Å². The van der Waals surface area contributed by atoms with Gasteiger partial charge in [-0.15, -0.1) is 0 Å². The van der Waals surface area contributed by atoms with Gasteiger partial charge in [0.2, 0.25) is 5.89 Å². The molecule has 38 heavy (non-hydrogen) atoms. The topological polar surface area (TPSA) is 68.4 Å². The number of benzene rings is 4. The Morgan fingerprint density at radius 1 is 0.737 bits per heavy atom. The van der Waals surface area contributed by atoms with Crippen molar-refractivity contribution in [3.05, 3.63) is 91.0 Å². The van der Waals surface area contributed by atoms with Gasteiger partial charge in [-0.1, -0.05) is 66.1 Å². The SMILES string of the molecule is CC(C)(O)C(C)(C)OBc1ccc(-c2nc3ccccc3c3c2ccc2oc(-c4ccccc4)nc23)cc1. The first kappa shape index (κ1) is 24.3. The summed E-state index contributed by atoms with van der Waals surface area (Å²) in [6.07, 6.45) is 0.